The summed E-state index contributed by atoms with van der Waals surface area (Å²) >= 11 is 3.19. The summed E-state index contributed by atoms with van der Waals surface area (Å²) in [6.45, 7) is 5.57. The van der Waals surface area contributed by atoms with E-state index in [1.54, 1.807) is 0 Å². The molecule has 1 aromatic carbocycles. The van der Waals surface area contributed by atoms with Gasteiger partial charge in [0.1, 0.15) is 0 Å². The number of hydrogen-bond donors (Lipinski definition) is 3. The zero-order valence-electron chi connectivity index (χ0n) is 11.5. The number of hydrogen-bond acceptors (Lipinski definition) is 4. The second-order valence-electron chi connectivity index (χ2n) is 5.52. The monoisotopic (exact) mass is 363 g/mol. The lowest BCUT2D eigenvalue weighted by Crippen LogP contribution is -2.45. The molecule has 6 nitrogen and oxygen atoms in total. The molecule has 0 aliphatic heterocycles. The molecule has 1 atom stereocenters. The minimum absolute atomic E-state index is 0.0394. The molecule has 0 aliphatic rings. The molecular weight excluding hydrogens is 346 g/mol. The van der Waals surface area contributed by atoms with E-state index in [2.05, 4.69) is 21.2 Å². The third-order valence-electron chi connectivity index (χ3n) is 2.74. The van der Waals surface area contributed by atoms with Crippen LogP contribution in [0.25, 0.3) is 0 Å². The van der Waals surface area contributed by atoms with Crippen molar-refractivity contribution in [2.75, 3.05) is 5.32 Å². The van der Waals surface area contributed by atoms with Crippen LogP contribution in [0.3, 0.4) is 0 Å². The number of rotatable bonds is 3. The quantitative estimate of drug-likeness (QED) is 0.752. The molecule has 20 heavy (non-hydrogen) atoms. The van der Waals surface area contributed by atoms with Crippen LogP contribution >= 0.6 is 15.9 Å². The number of primary sulfonamides is 1. The van der Waals surface area contributed by atoms with E-state index in [1.165, 1.54) is 18.2 Å². The molecule has 112 valence electrons. The Morgan fingerprint density at radius 1 is 1.35 bits per heavy atom. The first-order valence-corrected chi connectivity index (χ1v) is 8.15. The normalized spacial score (nSPS) is 13.9. The van der Waals surface area contributed by atoms with Gasteiger partial charge in [0.25, 0.3) is 0 Å². The Hall–Kier alpha value is -0.960. The fraction of sp³-hybridized carbons (Fsp3) is 0.417. The molecule has 0 aromatic heterocycles. The first-order valence-electron chi connectivity index (χ1n) is 5.81. The number of halogens is 1. The van der Waals surface area contributed by atoms with E-state index in [4.69, 9.17) is 10.9 Å². The number of anilines is 1. The minimum atomic E-state index is -3.78. The number of amides is 1. The summed E-state index contributed by atoms with van der Waals surface area (Å²) in [5, 5.41) is 7.68. The Kier molecular flexibility index (Phi) is 4.96. The third-order valence-corrected chi connectivity index (χ3v) is 4.31. The van der Waals surface area contributed by atoms with Crippen LogP contribution in [-0.4, -0.2) is 20.4 Å². The van der Waals surface area contributed by atoms with Gasteiger partial charge in [-0.1, -0.05) is 20.8 Å². The van der Waals surface area contributed by atoms with E-state index in [0.29, 0.717) is 10.2 Å². The fourth-order valence-corrected chi connectivity index (χ4v) is 2.55. The molecule has 1 aromatic rings. The van der Waals surface area contributed by atoms with Crippen LogP contribution in [0.4, 0.5) is 5.69 Å². The van der Waals surface area contributed by atoms with Gasteiger partial charge in [0.05, 0.1) is 16.6 Å². The van der Waals surface area contributed by atoms with Gasteiger partial charge < -0.3 is 11.1 Å². The number of sulfonamides is 1. The maximum Gasteiger partial charge on any atom is 0.241 e. The lowest BCUT2D eigenvalue weighted by Gasteiger charge is -2.26. The van der Waals surface area contributed by atoms with Crippen molar-refractivity contribution < 1.29 is 13.2 Å². The summed E-state index contributed by atoms with van der Waals surface area (Å²) < 4.78 is 22.8. The van der Waals surface area contributed by atoms with E-state index in [1.807, 2.05) is 20.8 Å². The average molecular weight is 364 g/mol. The molecule has 0 fully saturated rings. The Bertz CT molecular complexity index is 623. The van der Waals surface area contributed by atoms with E-state index in [0.717, 1.165) is 0 Å². The number of carbonyl (C=O) groups excluding carboxylic acids is 1. The van der Waals surface area contributed by atoms with Gasteiger partial charge in [-0.2, -0.15) is 0 Å². The summed E-state index contributed by atoms with van der Waals surface area (Å²) in [5.74, 6) is -0.346. The SMILES string of the molecule is CC(C)(C)[C@@H](N)C(=O)Nc1ccc(S(N)(=O)=O)cc1Br. The van der Waals surface area contributed by atoms with Crippen LogP contribution in [0.1, 0.15) is 20.8 Å². The molecule has 0 heterocycles. The maximum atomic E-state index is 12.0. The molecule has 0 unspecified atom stereocenters. The number of nitrogens with two attached hydrogens (primary N) is 2. The van der Waals surface area contributed by atoms with E-state index in [-0.39, 0.29) is 16.2 Å². The highest BCUT2D eigenvalue weighted by Gasteiger charge is 2.27. The van der Waals surface area contributed by atoms with Crippen molar-refractivity contribution in [2.45, 2.75) is 31.7 Å². The highest BCUT2D eigenvalue weighted by atomic mass is 79.9. The highest BCUT2D eigenvalue weighted by Crippen LogP contribution is 2.26. The predicted octanol–water partition coefficient (Wildman–Crippen LogP) is 1.41. The van der Waals surface area contributed by atoms with Crippen LogP contribution < -0.4 is 16.2 Å². The van der Waals surface area contributed by atoms with E-state index in [9.17, 15) is 13.2 Å². The molecule has 0 saturated heterocycles. The number of benzene rings is 1. The largest absolute Gasteiger partial charge is 0.324 e. The molecule has 8 heteroatoms. The predicted molar refractivity (Wildman–Crippen MR) is 81.6 cm³/mol. The number of nitrogens with one attached hydrogen (secondary N) is 1. The van der Waals surface area contributed by atoms with Crippen molar-refractivity contribution in [2.24, 2.45) is 16.3 Å². The van der Waals surface area contributed by atoms with Crippen molar-refractivity contribution in [3.63, 3.8) is 0 Å². The average Bonchev–Trinajstić information content (AvgIpc) is 2.28. The first-order chi connectivity index (χ1) is 8.93. The van der Waals surface area contributed by atoms with Crippen molar-refractivity contribution in [1.82, 2.24) is 0 Å². The second-order valence-corrected chi connectivity index (χ2v) is 7.94. The van der Waals surface area contributed by atoms with Gasteiger partial charge in [-0.3, -0.25) is 4.79 Å². The van der Waals surface area contributed by atoms with Gasteiger partial charge >= 0.3 is 0 Å². The standard InChI is InChI=1S/C12H18BrN3O3S/c1-12(2,3)10(14)11(17)16-9-5-4-7(6-8(9)13)20(15,18)19/h4-6,10H,14H2,1-3H3,(H,16,17)(H2,15,18,19)/t10-/m0/s1. The van der Waals surface area contributed by atoms with Crippen molar-refractivity contribution >= 4 is 37.5 Å². The summed E-state index contributed by atoms with van der Waals surface area (Å²) in [5.41, 5.74) is 5.90. The summed E-state index contributed by atoms with van der Waals surface area (Å²) in [6, 6.07) is 3.41. The Balaban J connectivity index is 2.98. The summed E-state index contributed by atoms with van der Waals surface area (Å²) in [4.78, 5) is 12.0. The fourth-order valence-electron chi connectivity index (χ4n) is 1.38. The zero-order valence-corrected chi connectivity index (χ0v) is 13.9. The Labute approximate surface area is 127 Å². The zero-order chi connectivity index (χ0) is 15.7. The van der Waals surface area contributed by atoms with E-state index >= 15 is 0 Å². The van der Waals surface area contributed by atoms with Gasteiger partial charge in [-0.15, -0.1) is 0 Å². The number of carbonyl (C=O) groups is 1. The maximum absolute atomic E-state index is 12.0. The van der Waals surface area contributed by atoms with Gasteiger partial charge in [-0.05, 0) is 39.5 Å². The van der Waals surface area contributed by atoms with Crippen LogP contribution in [0.5, 0.6) is 0 Å². The van der Waals surface area contributed by atoms with Crippen LogP contribution in [0, 0.1) is 5.41 Å². The molecule has 0 radical (unpaired) electrons. The van der Waals surface area contributed by atoms with Gasteiger partial charge in [0.15, 0.2) is 0 Å². The first kappa shape index (κ1) is 17.1. The summed E-state index contributed by atoms with van der Waals surface area (Å²) in [7, 11) is -3.78. The molecular formula is C12H18BrN3O3S. The molecule has 0 saturated carbocycles. The summed E-state index contributed by atoms with van der Waals surface area (Å²) in [6.07, 6.45) is 0. The molecule has 0 spiro atoms. The van der Waals surface area contributed by atoms with E-state index < -0.39 is 16.1 Å². The lowest BCUT2D eigenvalue weighted by atomic mass is 9.87. The van der Waals surface area contributed by atoms with Crippen LogP contribution in [-0.2, 0) is 14.8 Å². The topological polar surface area (TPSA) is 115 Å². The van der Waals surface area contributed by atoms with Crippen molar-refractivity contribution in [3.8, 4) is 0 Å². The van der Waals surface area contributed by atoms with Crippen molar-refractivity contribution in [1.29, 1.82) is 0 Å². The molecule has 1 amide bonds. The smallest absolute Gasteiger partial charge is 0.241 e. The molecule has 0 aliphatic carbocycles. The minimum Gasteiger partial charge on any atom is -0.324 e. The second kappa shape index (κ2) is 5.80. The highest BCUT2D eigenvalue weighted by molar-refractivity contribution is 9.10. The van der Waals surface area contributed by atoms with Crippen molar-refractivity contribution in [3.05, 3.63) is 22.7 Å². The van der Waals surface area contributed by atoms with Crippen LogP contribution in [0.15, 0.2) is 27.6 Å². The van der Waals surface area contributed by atoms with Gasteiger partial charge in [-0.25, -0.2) is 13.6 Å². The molecule has 5 N–H and O–H groups in total. The Morgan fingerprint density at radius 2 is 1.90 bits per heavy atom. The third kappa shape index (κ3) is 4.27. The van der Waals surface area contributed by atoms with Gasteiger partial charge in [0.2, 0.25) is 15.9 Å². The Morgan fingerprint density at radius 3 is 2.30 bits per heavy atom. The molecule has 1 rings (SSSR count). The van der Waals surface area contributed by atoms with Crippen LogP contribution in [0.2, 0.25) is 0 Å². The lowest BCUT2D eigenvalue weighted by molar-refractivity contribution is -0.119. The molecule has 0 bridgehead atoms. The van der Waals surface area contributed by atoms with Gasteiger partial charge in [0, 0.05) is 4.47 Å².